The monoisotopic (exact) mass is 504 g/mol. The van der Waals surface area contributed by atoms with E-state index in [4.69, 9.17) is 14.7 Å². The molecule has 0 radical (unpaired) electrons. The normalized spacial score (nSPS) is 12.7. The van der Waals surface area contributed by atoms with E-state index in [9.17, 15) is 24.0 Å². The third-order valence-electron chi connectivity index (χ3n) is 4.43. The summed E-state index contributed by atoms with van der Waals surface area (Å²) in [5.74, 6) is -2.81. The number of carbonyl (C=O) groups is 5. The molecule has 0 fully saturated rings. The van der Waals surface area contributed by atoms with Gasteiger partial charge in [-0.15, -0.1) is 11.8 Å². The van der Waals surface area contributed by atoms with Crippen LogP contribution in [0.25, 0.3) is 0 Å². The number of aliphatic carboxylic acids is 1. The van der Waals surface area contributed by atoms with Gasteiger partial charge in [0.25, 0.3) is 0 Å². The summed E-state index contributed by atoms with van der Waals surface area (Å²) in [4.78, 5) is 76.0. The van der Waals surface area contributed by atoms with E-state index in [-0.39, 0.29) is 74.4 Å². The summed E-state index contributed by atoms with van der Waals surface area (Å²) in [7, 11) is 0. The zero-order valence-corrected chi connectivity index (χ0v) is 21.0. The second-order valence-corrected chi connectivity index (χ2v) is 10.1. The molecule has 0 aromatic carbocycles. The number of rotatable bonds is 15. The van der Waals surface area contributed by atoms with Crippen LogP contribution in [0.2, 0.25) is 0 Å². The zero-order valence-electron chi connectivity index (χ0n) is 20.1. The zero-order chi connectivity index (χ0) is 26.1. The van der Waals surface area contributed by atoms with Crippen molar-refractivity contribution in [3.8, 4) is 0 Å². The Labute approximate surface area is 206 Å². The Bertz CT molecular complexity index is 703. The first-order valence-corrected chi connectivity index (χ1v) is 11.7. The van der Waals surface area contributed by atoms with Crippen LogP contribution in [-0.4, -0.2) is 63.7 Å². The number of hydrogen-bond acceptors (Lipinski definition) is 8. The Morgan fingerprint density at radius 2 is 1.47 bits per heavy atom. The van der Waals surface area contributed by atoms with E-state index in [2.05, 4.69) is 10.6 Å². The van der Waals surface area contributed by atoms with Crippen molar-refractivity contribution in [3.05, 3.63) is 0 Å². The summed E-state index contributed by atoms with van der Waals surface area (Å²) >= 11 is 1.51. The Kier molecular flexibility index (Phi) is 21.1. The quantitative estimate of drug-likeness (QED) is 0.303. The van der Waals surface area contributed by atoms with Crippen molar-refractivity contribution in [3.63, 3.8) is 0 Å². The number of amides is 2. The van der Waals surface area contributed by atoms with Crippen molar-refractivity contribution in [2.24, 2.45) is 11.8 Å². The minimum absolute atomic E-state index is 0. The van der Waals surface area contributed by atoms with E-state index in [0.29, 0.717) is 5.25 Å². The maximum absolute atomic E-state index is 12.6. The standard InChI is InChI=1S/C21H36N2O6S.CO2.CH4/c1-12(2)20(28)14(5)11-17(24)16(7-8-19(26)27)23-18(25)9-10-22-21(29)15(6)30-13(3)4;2-1-3;/h12-16H,7-11H2,1-6H3,(H,22,29)(H,23,25)(H,26,27);;1H4/t14-,15?,16+;;/m1../s1. The first-order valence-electron chi connectivity index (χ1n) is 10.8. The number of carboxylic acid groups (broad SMARTS) is 1. The molecule has 3 N–H and O–H groups in total. The van der Waals surface area contributed by atoms with Crippen LogP contribution in [0, 0.1) is 11.8 Å². The fourth-order valence-electron chi connectivity index (χ4n) is 2.87. The van der Waals surface area contributed by atoms with E-state index in [1.807, 2.05) is 13.8 Å². The smallest absolute Gasteiger partial charge is 0.373 e. The molecule has 0 saturated heterocycles. The number of hydrogen-bond donors (Lipinski definition) is 3. The van der Waals surface area contributed by atoms with Gasteiger partial charge in [0.05, 0.1) is 11.3 Å². The lowest BCUT2D eigenvalue weighted by Crippen LogP contribution is -2.43. The average Bonchev–Trinajstić information content (AvgIpc) is 2.69. The van der Waals surface area contributed by atoms with E-state index in [1.165, 1.54) is 11.8 Å². The number of thioether (sulfide) groups is 1. The first-order chi connectivity index (χ1) is 15.3. The highest BCUT2D eigenvalue weighted by Crippen LogP contribution is 2.16. The molecule has 0 spiro atoms. The molecule has 0 aromatic rings. The highest BCUT2D eigenvalue weighted by molar-refractivity contribution is 8.01. The molecule has 0 aliphatic rings. The van der Waals surface area contributed by atoms with Gasteiger partial charge in [0.15, 0.2) is 5.78 Å². The van der Waals surface area contributed by atoms with E-state index in [0.717, 1.165) is 0 Å². The summed E-state index contributed by atoms with van der Waals surface area (Å²) < 4.78 is 0. The van der Waals surface area contributed by atoms with Crippen LogP contribution in [0.15, 0.2) is 0 Å². The van der Waals surface area contributed by atoms with Gasteiger partial charge < -0.3 is 15.7 Å². The molecule has 196 valence electrons. The molecule has 11 heteroatoms. The van der Waals surface area contributed by atoms with Crippen molar-refractivity contribution >= 4 is 47.3 Å². The minimum Gasteiger partial charge on any atom is -0.481 e. The number of carboxylic acids is 1. The molecule has 0 aliphatic carbocycles. The van der Waals surface area contributed by atoms with Gasteiger partial charge in [-0.25, -0.2) is 0 Å². The van der Waals surface area contributed by atoms with Gasteiger partial charge in [-0.3, -0.25) is 24.0 Å². The highest BCUT2D eigenvalue weighted by atomic mass is 32.2. The van der Waals surface area contributed by atoms with Crippen molar-refractivity contribution in [1.29, 1.82) is 0 Å². The largest absolute Gasteiger partial charge is 0.481 e. The predicted molar refractivity (Wildman–Crippen MR) is 129 cm³/mol. The second-order valence-electron chi connectivity index (χ2n) is 8.13. The lowest BCUT2D eigenvalue weighted by Gasteiger charge is -2.20. The SMILES string of the molecule is C.CC(C)SC(C)C(=O)NCCC(=O)N[C@@H](CCC(=O)O)C(=O)C[C@@H](C)C(=O)C(C)C.O=C=O. The summed E-state index contributed by atoms with van der Waals surface area (Å²) in [6.45, 7) is 11.1. The summed E-state index contributed by atoms with van der Waals surface area (Å²) in [5.41, 5.74) is 0. The van der Waals surface area contributed by atoms with Crippen LogP contribution < -0.4 is 10.6 Å². The van der Waals surface area contributed by atoms with Gasteiger partial charge in [-0.2, -0.15) is 9.59 Å². The van der Waals surface area contributed by atoms with Gasteiger partial charge in [0.2, 0.25) is 11.8 Å². The molecule has 34 heavy (non-hydrogen) atoms. The van der Waals surface area contributed by atoms with Gasteiger partial charge in [-0.1, -0.05) is 42.0 Å². The lowest BCUT2D eigenvalue weighted by molar-refractivity contribution is -0.191. The molecule has 0 rings (SSSR count). The molecule has 2 amide bonds. The van der Waals surface area contributed by atoms with E-state index in [1.54, 1.807) is 27.7 Å². The predicted octanol–water partition coefficient (Wildman–Crippen LogP) is 2.25. The fraction of sp³-hybridized carbons (Fsp3) is 0.739. The number of nitrogens with one attached hydrogen (secondary N) is 2. The van der Waals surface area contributed by atoms with Crippen molar-refractivity contribution in [2.45, 2.75) is 91.2 Å². The van der Waals surface area contributed by atoms with Crippen LogP contribution in [0.3, 0.4) is 0 Å². The van der Waals surface area contributed by atoms with Gasteiger partial charge >= 0.3 is 12.1 Å². The third kappa shape index (κ3) is 18.0. The Hall–Kier alpha value is -2.52. The van der Waals surface area contributed by atoms with Crippen molar-refractivity contribution in [2.75, 3.05) is 6.54 Å². The molecule has 0 saturated carbocycles. The summed E-state index contributed by atoms with van der Waals surface area (Å²) in [6.07, 6.45) is -0.148. The third-order valence-corrected chi connectivity index (χ3v) is 5.60. The molecule has 1 unspecified atom stereocenters. The van der Waals surface area contributed by atoms with Gasteiger partial charge in [0, 0.05) is 37.6 Å². The van der Waals surface area contributed by atoms with Crippen molar-refractivity contribution < 1.29 is 38.7 Å². The maximum atomic E-state index is 12.6. The Morgan fingerprint density at radius 3 is 1.91 bits per heavy atom. The van der Waals surface area contributed by atoms with E-state index < -0.39 is 23.8 Å². The fourth-order valence-corrected chi connectivity index (χ4v) is 3.90. The Balaban J connectivity index is -0.00000227. The average molecular weight is 505 g/mol. The van der Waals surface area contributed by atoms with E-state index >= 15 is 0 Å². The van der Waals surface area contributed by atoms with Gasteiger partial charge in [-0.05, 0) is 18.6 Å². The second kappa shape index (κ2) is 19.9. The molecule has 3 atom stereocenters. The lowest BCUT2D eigenvalue weighted by atomic mass is 9.90. The summed E-state index contributed by atoms with van der Waals surface area (Å²) in [5, 5.41) is 14.2. The molecule has 0 heterocycles. The first kappa shape index (κ1) is 36.1. The van der Waals surface area contributed by atoms with Gasteiger partial charge in [0.1, 0.15) is 5.78 Å². The minimum atomic E-state index is -1.07. The van der Waals surface area contributed by atoms with Crippen LogP contribution >= 0.6 is 11.8 Å². The topological polar surface area (TPSA) is 164 Å². The summed E-state index contributed by atoms with van der Waals surface area (Å²) in [6, 6.07) is -0.970. The molecular weight excluding hydrogens is 464 g/mol. The molecule has 0 bridgehead atoms. The maximum Gasteiger partial charge on any atom is 0.373 e. The van der Waals surface area contributed by atoms with Crippen molar-refractivity contribution in [1.82, 2.24) is 10.6 Å². The highest BCUT2D eigenvalue weighted by Gasteiger charge is 2.26. The van der Waals surface area contributed by atoms with Crippen LogP contribution in [-0.2, 0) is 33.6 Å². The van der Waals surface area contributed by atoms with Crippen LogP contribution in [0.1, 0.15) is 74.7 Å². The number of ketones is 2. The number of Topliss-reactive ketones (excluding diaryl/α,β-unsaturated/α-hetero) is 2. The van der Waals surface area contributed by atoms with Crippen LogP contribution in [0.5, 0.6) is 0 Å². The molecule has 10 nitrogen and oxygen atoms in total. The molecule has 0 aromatic heterocycles. The molecular formula is C23H40N2O8S. The molecule has 0 aliphatic heterocycles. The Morgan fingerprint density at radius 1 is 0.941 bits per heavy atom. The van der Waals surface area contributed by atoms with Crippen LogP contribution in [0.4, 0.5) is 0 Å². The number of carbonyl (C=O) groups excluding carboxylic acids is 6.